The van der Waals surface area contributed by atoms with E-state index in [-0.39, 0.29) is 12.1 Å². The Labute approximate surface area is 188 Å². The average Bonchev–Trinajstić information content (AvgIpc) is 2.85. The van der Waals surface area contributed by atoms with Crippen LogP contribution >= 0.6 is 0 Å². The highest BCUT2D eigenvalue weighted by molar-refractivity contribution is 5.94. The quantitative estimate of drug-likeness (QED) is 0.316. The van der Waals surface area contributed by atoms with Crippen LogP contribution in [0.15, 0.2) is 53.5 Å². The van der Waals surface area contributed by atoms with Crippen LogP contribution in [0.25, 0.3) is 0 Å². The molecule has 1 saturated heterocycles. The van der Waals surface area contributed by atoms with Gasteiger partial charge in [0.25, 0.3) is 5.91 Å². The normalized spacial score (nSPS) is 14.1. The summed E-state index contributed by atoms with van der Waals surface area (Å²) in [5.74, 6) is 11.8. The van der Waals surface area contributed by atoms with Crippen LogP contribution in [0.5, 0.6) is 0 Å². The van der Waals surface area contributed by atoms with Gasteiger partial charge in [0.15, 0.2) is 0 Å². The van der Waals surface area contributed by atoms with Gasteiger partial charge in [-0.1, -0.05) is 11.8 Å². The van der Waals surface area contributed by atoms with Gasteiger partial charge in [0.05, 0.1) is 26.1 Å². The number of carbonyl (C=O) groups is 1. The van der Waals surface area contributed by atoms with Gasteiger partial charge in [0, 0.05) is 42.6 Å². The fourth-order valence-corrected chi connectivity index (χ4v) is 3.02. The highest BCUT2D eigenvalue weighted by Crippen LogP contribution is 2.11. The predicted octanol–water partition coefficient (Wildman–Crippen LogP) is 1.93. The van der Waals surface area contributed by atoms with Crippen LogP contribution in [0.2, 0.25) is 0 Å². The zero-order valence-corrected chi connectivity index (χ0v) is 18.0. The predicted molar refractivity (Wildman–Crippen MR) is 125 cm³/mol. The number of morpholine rings is 1. The average molecular weight is 431 g/mol. The number of nitrogens with one attached hydrogen (secondary N) is 1. The Morgan fingerprint density at radius 2 is 1.72 bits per heavy atom. The Hall–Kier alpha value is -3.78. The number of rotatable bonds is 6. The Morgan fingerprint density at radius 1 is 1.12 bits per heavy atom. The largest absolute Gasteiger partial charge is 0.390 e. The van der Waals surface area contributed by atoms with Crippen LogP contribution in [0, 0.1) is 23.7 Å². The molecule has 0 aliphatic carbocycles. The maximum atomic E-state index is 12.5. The molecule has 7 heteroatoms. The minimum absolute atomic E-state index is 0.0227. The molecule has 164 valence electrons. The van der Waals surface area contributed by atoms with Crippen molar-refractivity contribution in [1.82, 2.24) is 4.90 Å². The second-order valence-electron chi connectivity index (χ2n) is 6.94. The summed E-state index contributed by atoms with van der Waals surface area (Å²) in [6.07, 6.45) is 1.00. The molecule has 1 amide bonds. The summed E-state index contributed by atoms with van der Waals surface area (Å²) in [6, 6.07) is 14.9. The van der Waals surface area contributed by atoms with Crippen molar-refractivity contribution in [3.05, 3.63) is 65.2 Å². The molecule has 0 aromatic heterocycles. The number of nitrogens with zero attached hydrogens (tertiary/aromatic N) is 2. The van der Waals surface area contributed by atoms with E-state index in [2.05, 4.69) is 34.0 Å². The van der Waals surface area contributed by atoms with Gasteiger partial charge in [-0.3, -0.25) is 9.79 Å². The summed E-state index contributed by atoms with van der Waals surface area (Å²) in [7, 11) is 1.61. The van der Waals surface area contributed by atoms with Gasteiger partial charge in [0.1, 0.15) is 6.23 Å². The minimum atomic E-state index is -0.256. The minimum Gasteiger partial charge on any atom is -0.390 e. The molecule has 1 aliphatic rings. The second kappa shape index (κ2) is 12.2. The lowest BCUT2D eigenvalue weighted by Crippen LogP contribution is -2.40. The van der Waals surface area contributed by atoms with Crippen molar-refractivity contribution in [2.24, 2.45) is 10.7 Å². The molecule has 3 rings (SSSR count). The van der Waals surface area contributed by atoms with E-state index in [9.17, 15) is 4.79 Å². The van der Waals surface area contributed by atoms with Crippen molar-refractivity contribution in [2.45, 2.75) is 6.23 Å². The number of anilines is 1. The summed E-state index contributed by atoms with van der Waals surface area (Å²) in [4.78, 5) is 18.2. The Bertz CT molecular complexity index is 1040. The number of benzene rings is 2. The zero-order chi connectivity index (χ0) is 22.6. The van der Waals surface area contributed by atoms with E-state index in [4.69, 9.17) is 15.2 Å². The van der Waals surface area contributed by atoms with Gasteiger partial charge >= 0.3 is 0 Å². The van der Waals surface area contributed by atoms with Gasteiger partial charge in [-0.25, -0.2) is 0 Å². The Balaban J connectivity index is 1.55. The number of hydrogen-bond acceptors (Lipinski definition) is 5. The van der Waals surface area contributed by atoms with Crippen LogP contribution < -0.4 is 11.1 Å². The molecular formula is C25H26N4O3. The molecule has 3 N–H and O–H groups in total. The van der Waals surface area contributed by atoms with E-state index in [1.165, 1.54) is 6.34 Å². The monoisotopic (exact) mass is 430 g/mol. The van der Waals surface area contributed by atoms with Crippen molar-refractivity contribution >= 4 is 17.9 Å². The van der Waals surface area contributed by atoms with Gasteiger partial charge in [0.2, 0.25) is 0 Å². The maximum Gasteiger partial charge on any atom is 0.254 e. The van der Waals surface area contributed by atoms with Crippen molar-refractivity contribution in [2.75, 3.05) is 45.3 Å². The first kappa shape index (κ1) is 22.9. The van der Waals surface area contributed by atoms with Crippen LogP contribution in [-0.2, 0) is 9.47 Å². The molecule has 2 aromatic rings. The lowest BCUT2D eigenvalue weighted by atomic mass is 10.1. The molecule has 1 unspecified atom stereocenters. The molecule has 0 radical (unpaired) electrons. The van der Waals surface area contributed by atoms with E-state index in [1.54, 1.807) is 24.1 Å². The van der Waals surface area contributed by atoms with Gasteiger partial charge in [-0.15, -0.1) is 0 Å². The molecule has 7 nitrogen and oxygen atoms in total. The second-order valence-corrected chi connectivity index (χ2v) is 6.94. The summed E-state index contributed by atoms with van der Waals surface area (Å²) in [6.45, 7) is 2.85. The van der Waals surface area contributed by atoms with Crippen molar-refractivity contribution in [1.29, 1.82) is 0 Å². The zero-order valence-electron chi connectivity index (χ0n) is 18.0. The van der Waals surface area contributed by atoms with Gasteiger partial charge in [-0.05, 0) is 60.4 Å². The van der Waals surface area contributed by atoms with Crippen LogP contribution in [0.3, 0.4) is 0 Å². The molecule has 1 atom stereocenters. The van der Waals surface area contributed by atoms with Crippen LogP contribution in [0.1, 0.15) is 21.5 Å². The number of amides is 1. The third-order valence-corrected chi connectivity index (χ3v) is 4.78. The fourth-order valence-electron chi connectivity index (χ4n) is 3.02. The first-order valence-electron chi connectivity index (χ1n) is 10.3. The van der Waals surface area contributed by atoms with E-state index in [0.29, 0.717) is 38.4 Å². The van der Waals surface area contributed by atoms with E-state index in [0.717, 1.165) is 16.8 Å². The molecule has 1 fully saturated rings. The third-order valence-electron chi connectivity index (χ3n) is 4.78. The number of hydrogen-bond donors (Lipinski definition) is 2. The molecule has 0 spiro atoms. The van der Waals surface area contributed by atoms with Crippen molar-refractivity contribution in [3.63, 3.8) is 0 Å². The van der Waals surface area contributed by atoms with Crippen molar-refractivity contribution < 1.29 is 14.3 Å². The number of methoxy groups -OCH3 is 1. The molecule has 1 aliphatic heterocycles. The van der Waals surface area contributed by atoms with Crippen LogP contribution in [-0.4, -0.2) is 63.3 Å². The topological polar surface area (TPSA) is 89.2 Å². The maximum absolute atomic E-state index is 12.5. The number of carbonyl (C=O) groups excluding carboxylic acids is 1. The lowest BCUT2D eigenvalue weighted by Gasteiger charge is -2.26. The lowest BCUT2D eigenvalue weighted by molar-refractivity contribution is 0.0303. The number of aliphatic imine (C=N–C) groups is 1. The van der Waals surface area contributed by atoms with Crippen molar-refractivity contribution in [3.8, 4) is 23.7 Å². The number of ether oxygens (including phenoxy) is 2. The van der Waals surface area contributed by atoms with E-state index >= 15 is 0 Å². The summed E-state index contributed by atoms with van der Waals surface area (Å²) < 4.78 is 10.6. The summed E-state index contributed by atoms with van der Waals surface area (Å²) in [5, 5.41) is 3.21. The smallest absolute Gasteiger partial charge is 0.254 e. The first-order chi connectivity index (χ1) is 15.7. The summed E-state index contributed by atoms with van der Waals surface area (Å²) >= 11 is 0. The van der Waals surface area contributed by atoms with E-state index < -0.39 is 0 Å². The molecule has 2 aromatic carbocycles. The molecule has 0 bridgehead atoms. The Kier molecular flexibility index (Phi) is 8.70. The Morgan fingerprint density at radius 3 is 2.28 bits per heavy atom. The third kappa shape index (κ3) is 6.88. The SMILES string of the molecule is COC(C/N=C\N)Nc1ccc(C#CC#Cc2ccc(C(=O)N3CCOCC3)cc2)cc1. The standard InChI is InChI=1S/C25H26N4O3/c1-31-24(18-27-19-26)28-23-12-8-21(9-13-23)5-3-2-4-20-6-10-22(11-7-20)25(30)29-14-16-32-17-15-29/h6-13,19,24,28H,14-18H2,1H3,(H2,26,27). The molecule has 0 saturated carbocycles. The van der Waals surface area contributed by atoms with E-state index in [1.807, 2.05) is 36.4 Å². The molecule has 32 heavy (non-hydrogen) atoms. The molecule has 1 heterocycles. The highest BCUT2D eigenvalue weighted by atomic mass is 16.5. The van der Waals surface area contributed by atoms with Gasteiger partial charge < -0.3 is 25.4 Å². The first-order valence-corrected chi connectivity index (χ1v) is 10.3. The molecular weight excluding hydrogens is 404 g/mol. The highest BCUT2D eigenvalue weighted by Gasteiger charge is 2.18. The number of nitrogens with two attached hydrogens (primary N) is 1. The summed E-state index contributed by atoms with van der Waals surface area (Å²) in [5.41, 5.74) is 8.48. The fraction of sp³-hybridized carbons (Fsp3) is 0.280. The van der Waals surface area contributed by atoms with Gasteiger partial charge in [-0.2, -0.15) is 0 Å². The van der Waals surface area contributed by atoms with Crippen LogP contribution in [0.4, 0.5) is 5.69 Å².